The van der Waals surface area contributed by atoms with E-state index in [0.29, 0.717) is 17.8 Å². The molecule has 0 aliphatic carbocycles. The molecule has 36 heavy (non-hydrogen) atoms. The average Bonchev–Trinajstić information content (AvgIpc) is 3.10. The second-order valence-electron chi connectivity index (χ2n) is 7.73. The van der Waals surface area contributed by atoms with Crippen molar-refractivity contribution in [3.05, 3.63) is 48.3 Å². The van der Waals surface area contributed by atoms with Crippen LogP contribution in [0.2, 0.25) is 0 Å². The standard InChI is InChI=1S/C23H26F3N5O4S/c1-3-29(4-2)11-12-35-21(33)28-19-13-27-10-9-16(19)14-30-15-20(32)31(22(30)34)17-5-7-18(8-6-17)36-23(24,25)26/h5-10,13H,3-4,11-12,14-15H2,1-2H3,(H,28,33). The van der Waals surface area contributed by atoms with Gasteiger partial charge in [0, 0.05) is 17.6 Å². The Morgan fingerprint density at radius 2 is 1.86 bits per heavy atom. The topological polar surface area (TPSA) is 95.1 Å². The first kappa shape index (κ1) is 27.3. The number of anilines is 2. The van der Waals surface area contributed by atoms with Gasteiger partial charge in [-0.25, -0.2) is 14.5 Å². The van der Waals surface area contributed by atoms with Gasteiger partial charge in [0.25, 0.3) is 5.91 Å². The molecule has 0 atom stereocenters. The van der Waals surface area contributed by atoms with E-state index in [9.17, 15) is 27.6 Å². The molecule has 13 heteroatoms. The van der Waals surface area contributed by atoms with Gasteiger partial charge in [-0.05, 0) is 60.7 Å². The van der Waals surface area contributed by atoms with Gasteiger partial charge in [-0.15, -0.1) is 0 Å². The smallest absolute Gasteiger partial charge is 0.446 e. The summed E-state index contributed by atoms with van der Waals surface area (Å²) in [6, 6.07) is 5.97. The molecular formula is C23H26F3N5O4S. The summed E-state index contributed by atoms with van der Waals surface area (Å²) in [6.07, 6.45) is 2.24. The molecule has 0 unspecified atom stereocenters. The van der Waals surface area contributed by atoms with Crippen molar-refractivity contribution in [2.24, 2.45) is 0 Å². The number of likely N-dealkylation sites (N-methyl/N-ethyl adjacent to an activating group) is 1. The highest BCUT2D eigenvalue weighted by atomic mass is 32.2. The molecule has 0 radical (unpaired) electrons. The zero-order valence-electron chi connectivity index (χ0n) is 19.7. The summed E-state index contributed by atoms with van der Waals surface area (Å²) in [5.74, 6) is -0.518. The average molecular weight is 526 g/mol. The number of imide groups is 1. The molecule has 1 saturated heterocycles. The van der Waals surface area contributed by atoms with Gasteiger partial charge in [0.1, 0.15) is 13.2 Å². The van der Waals surface area contributed by atoms with Crippen molar-refractivity contribution < 1.29 is 32.3 Å². The molecule has 2 aromatic rings. The molecule has 0 bridgehead atoms. The van der Waals surface area contributed by atoms with Crippen LogP contribution in [-0.2, 0) is 16.1 Å². The number of hydrogen-bond donors (Lipinski definition) is 1. The van der Waals surface area contributed by atoms with Crippen LogP contribution >= 0.6 is 11.8 Å². The van der Waals surface area contributed by atoms with Crippen molar-refractivity contribution >= 4 is 41.2 Å². The number of nitrogens with zero attached hydrogens (tertiary/aromatic N) is 4. The highest BCUT2D eigenvalue weighted by Crippen LogP contribution is 2.37. The van der Waals surface area contributed by atoms with Crippen LogP contribution in [0.25, 0.3) is 0 Å². The maximum Gasteiger partial charge on any atom is 0.446 e. The van der Waals surface area contributed by atoms with Crippen LogP contribution in [0.4, 0.5) is 34.1 Å². The number of pyridine rings is 1. The lowest BCUT2D eigenvalue weighted by Gasteiger charge is -2.19. The Labute approximate surface area is 210 Å². The fraction of sp³-hybridized carbons (Fsp3) is 0.391. The number of hydrogen-bond acceptors (Lipinski definition) is 7. The van der Waals surface area contributed by atoms with E-state index in [1.807, 2.05) is 13.8 Å². The van der Waals surface area contributed by atoms with Crippen LogP contribution in [0.5, 0.6) is 0 Å². The third kappa shape index (κ3) is 7.34. The Hall–Kier alpha value is -3.32. The van der Waals surface area contributed by atoms with Gasteiger partial charge in [-0.1, -0.05) is 13.8 Å². The minimum Gasteiger partial charge on any atom is -0.448 e. The van der Waals surface area contributed by atoms with E-state index < -0.39 is 23.5 Å². The van der Waals surface area contributed by atoms with Crippen LogP contribution < -0.4 is 10.2 Å². The van der Waals surface area contributed by atoms with Gasteiger partial charge in [0.2, 0.25) is 0 Å². The van der Waals surface area contributed by atoms with Gasteiger partial charge in [-0.3, -0.25) is 15.1 Å². The van der Waals surface area contributed by atoms with Crippen LogP contribution in [0.3, 0.4) is 0 Å². The quantitative estimate of drug-likeness (QED) is 0.359. The number of thioether (sulfide) groups is 1. The minimum absolute atomic E-state index is 0.000658. The summed E-state index contributed by atoms with van der Waals surface area (Å²) in [7, 11) is 0. The van der Waals surface area contributed by atoms with Gasteiger partial charge in [-0.2, -0.15) is 13.2 Å². The molecule has 9 nitrogen and oxygen atoms in total. The van der Waals surface area contributed by atoms with E-state index in [2.05, 4.69) is 15.2 Å². The molecule has 1 aliphatic rings. The number of aromatic nitrogens is 1. The first-order valence-electron chi connectivity index (χ1n) is 11.2. The van der Waals surface area contributed by atoms with Crippen LogP contribution in [0.15, 0.2) is 47.6 Å². The first-order chi connectivity index (χ1) is 17.1. The number of benzene rings is 1. The summed E-state index contributed by atoms with van der Waals surface area (Å²) in [5.41, 5.74) is -3.40. The number of carbonyl (C=O) groups is 3. The number of nitrogens with one attached hydrogen (secondary N) is 1. The Morgan fingerprint density at radius 3 is 2.50 bits per heavy atom. The van der Waals surface area contributed by atoms with E-state index in [0.717, 1.165) is 18.0 Å². The lowest BCUT2D eigenvalue weighted by molar-refractivity contribution is -0.116. The molecule has 194 valence electrons. The van der Waals surface area contributed by atoms with Gasteiger partial charge in [0.15, 0.2) is 0 Å². The molecule has 3 rings (SSSR count). The number of urea groups is 1. The van der Waals surface area contributed by atoms with Crippen LogP contribution in [0, 0.1) is 0 Å². The van der Waals surface area contributed by atoms with Gasteiger partial charge in [0.05, 0.1) is 24.1 Å². The van der Waals surface area contributed by atoms with Gasteiger partial charge < -0.3 is 14.5 Å². The third-order valence-corrected chi connectivity index (χ3v) is 6.15. The van der Waals surface area contributed by atoms with E-state index >= 15 is 0 Å². The Bertz CT molecular complexity index is 1080. The number of carbonyl (C=O) groups excluding carboxylic acids is 3. The number of halogens is 3. The molecule has 0 spiro atoms. The van der Waals surface area contributed by atoms with Crippen molar-refractivity contribution in [3.63, 3.8) is 0 Å². The van der Waals surface area contributed by atoms with Crippen LogP contribution in [-0.4, -0.2) is 71.1 Å². The van der Waals surface area contributed by atoms with E-state index in [1.165, 1.54) is 41.6 Å². The highest BCUT2D eigenvalue weighted by Gasteiger charge is 2.37. The second kappa shape index (κ2) is 12.1. The Kier molecular flexibility index (Phi) is 9.15. The lowest BCUT2D eigenvalue weighted by Crippen LogP contribution is -2.33. The first-order valence-corrected chi connectivity index (χ1v) is 12.0. The molecule has 1 fully saturated rings. The largest absolute Gasteiger partial charge is 0.448 e. The lowest BCUT2D eigenvalue weighted by atomic mass is 10.2. The number of alkyl halides is 3. The molecule has 4 amide bonds. The van der Waals surface area contributed by atoms with E-state index in [1.54, 1.807) is 6.07 Å². The predicted octanol–water partition coefficient (Wildman–Crippen LogP) is 4.55. The maximum absolute atomic E-state index is 12.9. The molecule has 1 aromatic heterocycles. The summed E-state index contributed by atoms with van der Waals surface area (Å²) in [5, 5.41) is 2.62. The zero-order chi connectivity index (χ0) is 26.3. The molecule has 1 aliphatic heterocycles. The summed E-state index contributed by atoms with van der Waals surface area (Å²) in [6.45, 7) is 6.27. The Morgan fingerprint density at radius 1 is 1.17 bits per heavy atom. The maximum atomic E-state index is 12.9. The number of amides is 4. The fourth-order valence-corrected chi connectivity index (χ4v) is 4.10. The molecule has 0 saturated carbocycles. The van der Waals surface area contributed by atoms with E-state index in [-0.39, 0.29) is 42.0 Å². The monoisotopic (exact) mass is 525 g/mol. The van der Waals surface area contributed by atoms with Gasteiger partial charge >= 0.3 is 17.6 Å². The molecule has 1 aromatic carbocycles. The van der Waals surface area contributed by atoms with Crippen LogP contribution in [0.1, 0.15) is 19.4 Å². The molecular weight excluding hydrogens is 499 g/mol. The van der Waals surface area contributed by atoms with E-state index in [4.69, 9.17) is 4.74 Å². The van der Waals surface area contributed by atoms with Crippen molar-refractivity contribution in [2.75, 3.05) is 43.0 Å². The number of rotatable bonds is 10. The van der Waals surface area contributed by atoms with Crippen molar-refractivity contribution in [1.82, 2.24) is 14.8 Å². The van der Waals surface area contributed by atoms with Crippen molar-refractivity contribution in [1.29, 1.82) is 0 Å². The number of ether oxygens (including phenoxy) is 1. The Balaban J connectivity index is 1.63. The zero-order valence-corrected chi connectivity index (χ0v) is 20.6. The molecule has 1 N–H and O–H groups in total. The summed E-state index contributed by atoms with van der Waals surface area (Å²) >= 11 is -0.281. The third-order valence-electron chi connectivity index (χ3n) is 5.41. The summed E-state index contributed by atoms with van der Waals surface area (Å²) in [4.78, 5) is 46.0. The highest BCUT2D eigenvalue weighted by molar-refractivity contribution is 8.00. The molecule has 2 heterocycles. The summed E-state index contributed by atoms with van der Waals surface area (Å²) < 4.78 is 42.9. The SMILES string of the molecule is CCN(CC)CCOC(=O)Nc1cnccc1CN1CC(=O)N(c2ccc(SC(F)(F)F)cc2)C1=O. The fourth-order valence-electron chi connectivity index (χ4n) is 3.56. The van der Waals surface area contributed by atoms with Crippen molar-refractivity contribution in [2.45, 2.75) is 30.8 Å². The second-order valence-corrected chi connectivity index (χ2v) is 8.87. The normalized spacial score (nSPS) is 14.1. The minimum atomic E-state index is -4.44. The van der Waals surface area contributed by atoms with Crippen molar-refractivity contribution in [3.8, 4) is 0 Å². The predicted molar refractivity (Wildman–Crippen MR) is 129 cm³/mol.